The first kappa shape index (κ1) is 12.2. The summed E-state index contributed by atoms with van der Waals surface area (Å²) in [5, 5.41) is 5.22. The van der Waals surface area contributed by atoms with Gasteiger partial charge in [0.2, 0.25) is 0 Å². The second-order valence-electron chi connectivity index (χ2n) is 4.37. The molecule has 0 amide bonds. The van der Waals surface area contributed by atoms with Gasteiger partial charge in [-0.05, 0) is 41.7 Å². The molecule has 1 unspecified atom stereocenters. The van der Waals surface area contributed by atoms with Crippen molar-refractivity contribution in [3.8, 4) is 0 Å². The summed E-state index contributed by atoms with van der Waals surface area (Å²) >= 11 is 1.38. The predicted molar refractivity (Wildman–Crippen MR) is 77.1 cm³/mol. The van der Waals surface area contributed by atoms with Gasteiger partial charge in [0.1, 0.15) is 0 Å². The van der Waals surface area contributed by atoms with E-state index in [1.165, 1.54) is 11.5 Å². The van der Waals surface area contributed by atoms with Gasteiger partial charge in [-0.1, -0.05) is 23.5 Å². The molecule has 0 spiro atoms. The molecule has 1 atom stereocenters. The molecule has 0 saturated heterocycles. The number of fused-ring (bicyclic) bond motifs is 1. The zero-order valence-electron chi connectivity index (χ0n) is 10.6. The molecule has 19 heavy (non-hydrogen) atoms. The molecule has 4 nitrogen and oxygen atoms in total. The molecule has 2 aromatic heterocycles. The molecule has 3 rings (SSSR count). The number of nitrogens with two attached hydrogens (primary N) is 1. The fourth-order valence-electron chi connectivity index (χ4n) is 2.14. The Bertz CT molecular complexity index is 707. The topological polar surface area (TPSA) is 64.7 Å². The summed E-state index contributed by atoms with van der Waals surface area (Å²) in [5.74, 6) is 0. The first-order chi connectivity index (χ1) is 9.29. The molecule has 0 fully saturated rings. The second kappa shape index (κ2) is 5.03. The maximum atomic E-state index is 6.34. The highest BCUT2D eigenvalue weighted by Crippen LogP contribution is 2.27. The molecule has 0 aliphatic rings. The zero-order chi connectivity index (χ0) is 13.2. The number of hydrogen-bond acceptors (Lipinski definition) is 5. The van der Waals surface area contributed by atoms with Crippen LogP contribution in [-0.4, -0.2) is 14.6 Å². The van der Waals surface area contributed by atoms with Crippen molar-refractivity contribution in [2.24, 2.45) is 5.73 Å². The van der Waals surface area contributed by atoms with E-state index in [9.17, 15) is 0 Å². The summed E-state index contributed by atoms with van der Waals surface area (Å²) < 4.78 is 4.00. The lowest BCUT2D eigenvalue weighted by atomic mass is 10.0. The lowest BCUT2D eigenvalue weighted by molar-refractivity contribution is 0.855. The van der Waals surface area contributed by atoms with Gasteiger partial charge in [0.25, 0.3) is 0 Å². The van der Waals surface area contributed by atoms with E-state index < -0.39 is 0 Å². The molecule has 5 heteroatoms. The third-order valence-electron chi connectivity index (χ3n) is 3.19. The molecule has 2 N–H and O–H groups in total. The number of hydrogen-bond donors (Lipinski definition) is 1. The fraction of sp³-hybridized carbons (Fsp3) is 0.214. The van der Waals surface area contributed by atoms with Crippen molar-refractivity contribution in [2.75, 3.05) is 0 Å². The van der Waals surface area contributed by atoms with Crippen LogP contribution in [0.2, 0.25) is 0 Å². The van der Waals surface area contributed by atoms with Gasteiger partial charge in [-0.2, -0.15) is 0 Å². The van der Waals surface area contributed by atoms with Gasteiger partial charge < -0.3 is 5.73 Å². The molecule has 1 aromatic carbocycles. The van der Waals surface area contributed by atoms with Gasteiger partial charge in [0.15, 0.2) is 0 Å². The maximum Gasteiger partial charge on any atom is 0.0804 e. The van der Waals surface area contributed by atoms with Gasteiger partial charge in [-0.3, -0.25) is 4.98 Å². The Morgan fingerprint density at radius 3 is 3.05 bits per heavy atom. The van der Waals surface area contributed by atoms with E-state index >= 15 is 0 Å². The standard InChI is InChI=1S/C14H14N4S/c1-2-11-14(19-18-17-11)13(15)10-5-6-12-9(8-10)4-3-7-16-12/h3-8,13H,2,15H2,1H3. The van der Waals surface area contributed by atoms with Gasteiger partial charge in [0.05, 0.1) is 22.1 Å². The number of rotatable bonds is 3. The third-order valence-corrected chi connectivity index (χ3v) is 4.04. The van der Waals surface area contributed by atoms with E-state index in [0.717, 1.165) is 33.5 Å². The van der Waals surface area contributed by atoms with Crippen molar-refractivity contribution in [1.82, 2.24) is 14.6 Å². The van der Waals surface area contributed by atoms with Crippen molar-refractivity contribution >= 4 is 22.4 Å². The lowest BCUT2D eigenvalue weighted by Gasteiger charge is -2.11. The zero-order valence-corrected chi connectivity index (χ0v) is 11.4. The van der Waals surface area contributed by atoms with Crippen molar-refractivity contribution in [3.63, 3.8) is 0 Å². The Kier molecular flexibility index (Phi) is 3.23. The summed E-state index contributed by atoms with van der Waals surface area (Å²) in [7, 11) is 0. The van der Waals surface area contributed by atoms with Crippen LogP contribution in [0.1, 0.15) is 29.1 Å². The van der Waals surface area contributed by atoms with Crippen molar-refractivity contribution in [2.45, 2.75) is 19.4 Å². The fourth-order valence-corrected chi connectivity index (χ4v) is 2.90. The monoisotopic (exact) mass is 270 g/mol. The average molecular weight is 270 g/mol. The number of pyridine rings is 1. The molecule has 2 heterocycles. The van der Waals surface area contributed by atoms with E-state index in [-0.39, 0.29) is 6.04 Å². The Morgan fingerprint density at radius 2 is 2.21 bits per heavy atom. The minimum Gasteiger partial charge on any atom is -0.320 e. The van der Waals surface area contributed by atoms with Crippen LogP contribution in [-0.2, 0) is 6.42 Å². The van der Waals surface area contributed by atoms with Crippen LogP contribution in [0.5, 0.6) is 0 Å². The smallest absolute Gasteiger partial charge is 0.0804 e. The van der Waals surface area contributed by atoms with E-state index in [0.29, 0.717) is 0 Å². The largest absolute Gasteiger partial charge is 0.320 e. The third kappa shape index (κ3) is 2.22. The van der Waals surface area contributed by atoms with Crippen LogP contribution >= 0.6 is 11.5 Å². The Labute approximate surface area is 115 Å². The molecule has 3 aromatic rings. The SMILES string of the molecule is CCc1nnsc1C(N)c1ccc2ncccc2c1. The van der Waals surface area contributed by atoms with E-state index in [2.05, 4.69) is 27.6 Å². The first-order valence-corrected chi connectivity index (χ1v) is 6.98. The van der Waals surface area contributed by atoms with Gasteiger partial charge in [-0.25, -0.2) is 0 Å². The van der Waals surface area contributed by atoms with Crippen molar-refractivity contribution in [1.29, 1.82) is 0 Å². The van der Waals surface area contributed by atoms with Gasteiger partial charge >= 0.3 is 0 Å². The molecular weight excluding hydrogens is 256 g/mol. The molecule has 0 saturated carbocycles. The van der Waals surface area contributed by atoms with Crippen LogP contribution < -0.4 is 5.73 Å². The quantitative estimate of drug-likeness (QED) is 0.794. The van der Waals surface area contributed by atoms with Gasteiger partial charge in [-0.15, -0.1) is 5.10 Å². The van der Waals surface area contributed by atoms with Crippen molar-refractivity contribution in [3.05, 3.63) is 52.7 Å². The lowest BCUT2D eigenvalue weighted by Crippen LogP contribution is -2.12. The number of nitrogens with zero attached hydrogens (tertiary/aromatic N) is 3. The molecule has 0 aliphatic carbocycles. The van der Waals surface area contributed by atoms with Crippen LogP contribution in [0.25, 0.3) is 10.9 Å². The minimum atomic E-state index is -0.167. The Morgan fingerprint density at radius 1 is 1.32 bits per heavy atom. The van der Waals surface area contributed by atoms with E-state index in [4.69, 9.17) is 5.73 Å². The highest BCUT2D eigenvalue weighted by molar-refractivity contribution is 7.05. The molecule has 0 radical (unpaired) electrons. The maximum absolute atomic E-state index is 6.34. The summed E-state index contributed by atoms with van der Waals surface area (Å²) in [6, 6.07) is 9.93. The number of aromatic nitrogens is 3. The molecule has 0 aliphatic heterocycles. The minimum absolute atomic E-state index is 0.167. The Balaban J connectivity index is 2.04. The second-order valence-corrected chi connectivity index (χ2v) is 5.16. The summed E-state index contributed by atoms with van der Waals surface area (Å²) in [6.45, 7) is 2.07. The van der Waals surface area contributed by atoms with E-state index in [1.54, 1.807) is 6.20 Å². The normalized spacial score (nSPS) is 12.7. The molecule has 0 bridgehead atoms. The first-order valence-electron chi connectivity index (χ1n) is 6.21. The van der Waals surface area contributed by atoms with Crippen LogP contribution in [0, 0.1) is 0 Å². The predicted octanol–water partition coefficient (Wildman–Crippen LogP) is 2.70. The number of benzene rings is 1. The van der Waals surface area contributed by atoms with Crippen LogP contribution in [0.15, 0.2) is 36.5 Å². The van der Waals surface area contributed by atoms with Crippen LogP contribution in [0.3, 0.4) is 0 Å². The summed E-state index contributed by atoms with van der Waals surface area (Å²) in [6.07, 6.45) is 2.65. The summed E-state index contributed by atoms with van der Waals surface area (Å²) in [4.78, 5) is 5.36. The van der Waals surface area contributed by atoms with Crippen LogP contribution in [0.4, 0.5) is 0 Å². The molecule has 96 valence electrons. The van der Waals surface area contributed by atoms with Crippen molar-refractivity contribution < 1.29 is 0 Å². The number of aryl methyl sites for hydroxylation is 1. The molecular formula is C14H14N4S. The average Bonchev–Trinajstić information content (AvgIpc) is 2.94. The van der Waals surface area contributed by atoms with E-state index in [1.807, 2.05) is 24.3 Å². The Hall–Kier alpha value is -1.85. The summed E-state index contributed by atoms with van der Waals surface area (Å²) in [5.41, 5.74) is 9.38. The highest BCUT2D eigenvalue weighted by atomic mass is 32.1. The van der Waals surface area contributed by atoms with Gasteiger partial charge in [0, 0.05) is 11.6 Å². The highest BCUT2D eigenvalue weighted by Gasteiger charge is 2.16.